The second kappa shape index (κ2) is 8.60. The minimum atomic E-state index is 0.176. The fraction of sp³-hybridized carbons (Fsp3) is 0.421. The first kappa shape index (κ1) is 18.1. The van der Waals surface area contributed by atoms with E-state index in [0.29, 0.717) is 24.9 Å². The highest BCUT2D eigenvalue weighted by molar-refractivity contribution is 7.09. The molecule has 1 N–H and O–H groups in total. The number of anilines is 1. The molecular weight excluding hydrogens is 362 g/mol. The zero-order valence-electron chi connectivity index (χ0n) is 15.3. The van der Waals surface area contributed by atoms with Gasteiger partial charge in [0.25, 0.3) is 0 Å². The molecule has 1 aliphatic rings. The smallest absolute Gasteiger partial charge is 0.244 e. The van der Waals surface area contributed by atoms with Crippen LogP contribution < -0.4 is 5.32 Å². The topological polar surface area (TPSA) is 76.3 Å². The lowest BCUT2D eigenvalue weighted by Crippen LogP contribution is -2.22. The molecule has 0 saturated carbocycles. The highest BCUT2D eigenvalue weighted by Crippen LogP contribution is 2.34. The zero-order chi connectivity index (χ0) is 18.5. The van der Waals surface area contributed by atoms with Gasteiger partial charge in [0.2, 0.25) is 11.7 Å². The van der Waals surface area contributed by atoms with E-state index in [0.717, 1.165) is 37.3 Å². The molecule has 4 rings (SSSR count). The van der Waals surface area contributed by atoms with Gasteiger partial charge < -0.3 is 14.6 Å². The Morgan fingerprint density at radius 2 is 2.33 bits per heavy atom. The summed E-state index contributed by atoms with van der Waals surface area (Å²) in [6.45, 7) is 3.25. The Bertz CT molecular complexity index is 851. The van der Waals surface area contributed by atoms with Crippen LogP contribution in [0.4, 0.5) is 5.82 Å². The Balaban J connectivity index is 1.51. The van der Waals surface area contributed by atoms with Crippen LogP contribution in [-0.2, 0) is 11.3 Å². The minimum absolute atomic E-state index is 0.176. The predicted octanol–water partition coefficient (Wildman–Crippen LogP) is 3.59. The largest absolute Gasteiger partial charge is 0.383 e. The zero-order valence-corrected chi connectivity index (χ0v) is 16.1. The van der Waals surface area contributed by atoms with Gasteiger partial charge in [0.1, 0.15) is 5.82 Å². The third-order valence-electron chi connectivity index (χ3n) is 4.68. The van der Waals surface area contributed by atoms with Crippen LogP contribution in [0.25, 0.3) is 11.4 Å². The Hall–Kier alpha value is -2.29. The monoisotopic (exact) mass is 385 g/mol. The van der Waals surface area contributed by atoms with Crippen LogP contribution in [0.5, 0.6) is 0 Å². The molecule has 0 amide bonds. The van der Waals surface area contributed by atoms with Crippen LogP contribution in [0, 0.1) is 0 Å². The minimum Gasteiger partial charge on any atom is -0.383 e. The molecule has 4 heterocycles. The molecule has 0 radical (unpaired) electrons. The molecule has 0 aliphatic carbocycles. The number of likely N-dealkylation sites (tertiary alicyclic amines) is 1. The number of pyridine rings is 1. The van der Waals surface area contributed by atoms with Gasteiger partial charge in [-0.25, -0.2) is 4.98 Å². The SMILES string of the molecule is COCCNc1ncccc1-c1noc([C@H]2CCCN2Cc2cccs2)n1. The standard InChI is InChI=1S/C19H23N5O2S/c1-25-11-9-21-17-15(6-2-8-20-17)18-22-19(26-23-18)16-7-3-10-24(16)13-14-5-4-12-27-14/h2,4-6,8,12,16H,3,7,9-11,13H2,1H3,(H,20,21)/t16-/m1/s1. The van der Waals surface area contributed by atoms with Crippen LogP contribution in [0.2, 0.25) is 0 Å². The van der Waals surface area contributed by atoms with Crippen LogP contribution >= 0.6 is 11.3 Å². The molecule has 1 saturated heterocycles. The van der Waals surface area contributed by atoms with Gasteiger partial charge in [-0.2, -0.15) is 4.98 Å². The van der Waals surface area contributed by atoms with Crippen molar-refractivity contribution in [2.75, 3.05) is 32.1 Å². The number of nitrogens with one attached hydrogen (secondary N) is 1. The van der Waals surface area contributed by atoms with Crippen molar-refractivity contribution in [3.05, 3.63) is 46.6 Å². The predicted molar refractivity (Wildman–Crippen MR) is 105 cm³/mol. The van der Waals surface area contributed by atoms with Gasteiger partial charge in [-0.05, 0) is 43.0 Å². The average molecular weight is 385 g/mol. The molecule has 0 spiro atoms. The molecule has 1 aliphatic heterocycles. The first-order chi connectivity index (χ1) is 13.3. The summed E-state index contributed by atoms with van der Waals surface area (Å²) in [6, 6.07) is 8.28. The van der Waals surface area contributed by atoms with E-state index in [1.165, 1.54) is 4.88 Å². The van der Waals surface area contributed by atoms with Gasteiger partial charge in [-0.15, -0.1) is 11.3 Å². The van der Waals surface area contributed by atoms with Gasteiger partial charge in [0.15, 0.2) is 0 Å². The summed E-state index contributed by atoms with van der Waals surface area (Å²) in [7, 11) is 1.68. The molecule has 0 unspecified atom stereocenters. The number of ether oxygens (including phenoxy) is 1. The van der Waals surface area contributed by atoms with Crippen molar-refractivity contribution in [3.8, 4) is 11.4 Å². The molecule has 8 heteroatoms. The number of methoxy groups -OCH3 is 1. The van der Waals surface area contributed by atoms with Crippen molar-refractivity contribution >= 4 is 17.2 Å². The van der Waals surface area contributed by atoms with E-state index < -0.39 is 0 Å². The third-order valence-corrected chi connectivity index (χ3v) is 5.54. The molecule has 3 aromatic heterocycles. The molecule has 7 nitrogen and oxygen atoms in total. The van der Waals surface area contributed by atoms with Crippen LogP contribution in [0.3, 0.4) is 0 Å². The lowest BCUT2D eigenvalue weighted by atomic mass is 10.2. The second-order valence-corrected chi connectivity index (χ2v) is 7.52. The summed E-state index contributed by atoms with van der Waals surface area (Å²) in [6.07, 6.45) is 3.93. The summed E-state index contributed by atoms with van der Waals surface area (Å²) in [5.74, 6) is 2.00. The normalized spacial score (nSPS) is 17.4. The molecular formula is C19H23N5O2S. The molecule has 3 aromatic rings. The maximum atomic E-state index is 5.65. The first-order valence-corrected chi connectivity index (χ1v) is 10.0. The fourth-order valence-electron chi connectivity index (χ4n) is 3.38. The summed E-state index contributed by atoms with van der Waals surface area (Å²) in [5, 5.41) is 9.61. The quantitative estimate of drug-likeness (QED) is 0.594. The van der Waals surface area contributed by atoms with Crippen molar-refractivity contribution in [2.45, 2.75) is 25.4 Å². The Kier molecular flexibility index (Phi) is 5.76. The van der Waals surface area contributed by atoms with Gasteiger partial charge in [0.05, 0.1) is 18.2 Å². The summed E-state index contributed by atoms with van der Waals surface area (Å²) in [4.78, 5) is 12.9. The van der Waals surface area contributed by atoms with Crippen LogP contribution in [0.15, 0.2) is 40.4 Å². The second-order valence-electron chi connectivity index (χ2n) is 6.48. The van der Waals surface area contributed by atoms with Gasteiger partial charge >= 0.3 is 0 Å². The Morgan fingerprint density at radius 3 is 3.19 bits per heavy atom. The number of thiophene rings is 1. The summed E-state index contributed by atoms with van der Waals surface area (Å²) < 4.78 is 10.7. The molecule has 142 valence electrons. The number of hydrogen-bond donors (Lipinski definition) is 1. The number of aromatic nitrogens is 3. The van der Waals surface area contributed by atoms with Crippen molar-refractivity contribution in [1.29, 1.82) is 0 Å². The lowest BCUT2D eigenvalue weighted by Gasteiger charge is -2.20. The highest BCUT2D eigenvalue weighted by Gasteiger charge is 2.31. The van der Waals surface area contributed by atoms with Crippen LogP contribution in [0.1, 0.15) is 29.7 Å². The average Bonchev–Trinajstić information content (AvgIpc) is 3.44. The lowest BCUT2D eigenvalue weighted by molar-refractivity contribution is 0.202. The van der Waals surface area contributed by atoms with E-state index in [-0.39, 0.29) is 6.04 Å². The molecule has 27 heavy (non-hydrogen) atoms. The number of nitrogens with zero attached hydrogens (tertiary/aromatic N) is 4. The van der Waals surface area contributed by atoms with Crippen molar-refractivity contribution in [2.24, 2.45) is 0 Å². The van der Waals surface area contributed by atoms with E-state index in [9.17, 15) is 0 Å². The summed E-state index contributed by atoms with van der Waals surface area (Å²) in [5.41, 5.74) is 0.839. The highest BCUT2D eigenvalue weighted by atomic mass is 32.1. The first-order valence-electron chi connectivity index (χ1n) is 9.13. The molecule has 1 atom stereocenters. The number of hydrogen-bond acceptors (Lipinski definition) is 8. The Morgan fingerprint density at radius 1 is 1.37 bits per heavy atom. The van der Waals surface area contributed by atoms with Crippen molar-refractivity contribution < 1.29 is 9.26 Å². The van der Waals surface area contributed by atoms with Gasteiger partial charge in [-0.1, -0.05) is 11.2 Å². The van der Waals surface area contributed by atoms with E-state index in [4.69, 9.17) is 14.2 Å². The number of rotatable bonds is 8. The fourth-order valence-corrected chi connectivity index (χ4v) is 4.11. The van der Waals surface area contributed by atoms with Gasteiger partial charge in [-0.3, -0.25) is 4.90 Å². The molecule has 0 bridgehead atoms. The molecule has 1 fully saturated rings. The summed E-state index contributed by atoms with van der Waals surface area (Å²) >= 11 is 1.79. The third kappa shape index (κ3) is 4.18. The van der Waals surface area contributed by atoms with Crippen LogP contribution in [-0.4, -0.2) is 46.8 Å². The maximum absolute atomic E-state index is 5.65. The van der Waals surface area contributed by atoms with Crippen molar-refractivity contribution in [1.82, 2.24) is 20.0 Å². The Labute approximate surface area is 162 Å². The molecule has 0 aromatic carbocycles. The van der Waals surface area contributed by atoms with E-state index in [1.807, 2.05) is 12.1 Å². The van der Waals surface area contributed by atoms with E-state index >= 15 is 0 Å². The van der Waals surface area contributed by atoms with Crippen molar-refractivity contribution in [3.63, 3.8) is 0 Å². The van der Waals surface area contributed by atoms with E-state index in [2.05, 4.69) is 37.9 Å². The maximum Gasteiger partial charge on any atom is 0.244 e. The van der Waals surface area contributed by atoms with E-state index in [1.54, 1.807) is 24.6 Å². The van der Waals surface area contributed by atoms with Gasteiger partial charge in [0, 0.05) is 31.3 Å².